The lowest BCUT2D eigenvalue weighted by Gasteiger charge is -2.14. The third kappa shape index (κ3) is 3.68. The van der Waals surface area contributed by atoms with Crippen LogP contribution in [0.5, 0.6) is 0 Å². The molecule has 2 atom stereocenters. The van der Waals surface area contributed by atoms with Gasteiger partial charge < -0.3 is 15.7 Å². The Morgan fingerprint density at radius 3 is 2.55 bits per heavy atom. The second-order valence-electron chi connectivity index (χ2n) is 5.02. The van der Waals surface area contributed by atoms with Crippen LogP contribution in [0, 0.1) is 11.8 Å². The van der Waals surface area contributed by atoms with E-state index in [1.807, 2.05) is 0 Å². The number of rotatable bonds is 4. The van der Waals surface area contributed by atoms with Gasteiger partial charge >= 0.3 is 5.97 Å². The number of carbonyl (C=O) groups excluding carboxylic acids is 1. The van der Waals surface area contributed by atoms with Crippen molar-refractivity contribution in [2.45, 2.75) is 6.92 Å². The minimum atomic E-state index is -0.981. The molecule has 2 rings (SSSR count). The van der Waals surface area contributed by atoms with Crippen LogP contribution in [-0.4, -0.2) is 30.1 Å². The van der Waals surface area contributed by atoms with Crippen LogP contribution < -0.4 is 10.6 Å². The normalized spacial score (nSPS) is 22.1. The summed E-state index contributed by atoms with van der Waals surface area (Å²) in [5, 5.41) is 14.6. The molecule has 1 heterocycles. The van der Waals surface area contributed by atoms with Gasteiger partial charge in [0.2, 0.25) is 5.91 Å². The lowest BCUT2D eigenvalue weighted by molar-refractivity contribution is -0.131. The Labute approximate surface area is 117 Å². The third-order valence-electron chi connectivity index (χ3n) is 3.45. The Kier molecular flexibility index (Phi) is 4.53. The van der Waals surface area contributed by atoms with Gasteiger partial charge in [0.25, 0.3) is 0 Å². The minimum absolute atomic E-state index is 0.00147. The summed E-state index contributed by atoms with van der Waals surface area (Å²) >= 11 is 0. The molecule has 0 aromatic heterocycles. The molecule has 1 saturated heterocycles. The van der Waals surface area contributed by atoms with Gasteiger partial charge in [-0.3, -0.25) is 4.79 Å². The van der Waals surface area contributed by atoms with Crippen molar-refractivity contribution in [1.82, 2.24) is 5.32 Å². The smallest absolute Gasteiger partial charge is 0.328 e. The van der Waals surface area contributed by atoms with Gasteiger partial charge in [0, 0.05) is 18.3 Å². The van der Waals surface area contributed by atoms with Crippen molar-refractivity contribution < 1.29 is 14.7 Å². The molecular formula is C15H18N2O3. The number of nitrogens with one attached hydrogen (secondary N) is 2. The van der Waals surface area contributed by atoms with Crippen molar-refractivity contribution in [3.05, 3.63) is 35.9 Å². The molecule has 1 fully saturated rings. The van der Waals surface area contributed by atoms with E-state index in [2.05, 4.69) is 17.6 Å². The summed E-state index contributed by atoms with van der Waals surface area (Å²) in [5.41, 5.74) is 1.50. The van der Waals surface area contributed by atoms with Crippen LogP contribution in [0.1, 0.15) is 12.5 Å². The average Bonchev–Trinajstić information content (AvgIpc) is 2.84. The zero-order valence-corrected chi connectivity index (χ0v) is 11.3. The first kappa shape index (κ1) is 14.3. The molecule has 1 aliphatic rings. The molecule has 106 valence electrons. The number of carboxylic acid groups (broad SMARTS) is 1. The van der Waals surface area contributed by atoms with E-state index in [-0.39, 0.29) is 11.8 Å². The summed E-state index contributed by atoms with van der Waals surface area (Å²) in [7, 11) is 0. The lowest BCUT2D eigenvalue weighted by Crippen LogP contribution is -2.27. The van der Waals surface area contributed by atoms with Gasteiger partial charge in [0.1, 0.15) is 0 Å². The average molecular weight is 274 g/mol. The van der Waals surface area contributed by atoms with Gasteiger partial charge in [-0.05, 0) is 36.2 Å². The van der Waals surface area contributed by atoms with E-state index < -0.39 is 5.97 Å². The van der Waals surface area contributed by atoms with Crippen LogP contribution in [0.2, 0.25) is 0 Å². The number of amides is 1. The standard InChI is InChI=1S/C15H18N2O3/c1-10-8-16-9-13(10)15(20)17-12-5-2-11(3-6-12)4-7-14(18)19/h2-7,10,13,16H,8-9H2,1H3,(H,17,20)(H,18,19)/b7-4+/t10-,13-/m1/s1. The predicted molar refractivity (Wildman–Crippen MR) is 77.3 cm³/mol. The maximum Gasteiger partial charge on any atom is 0.328 e. The second kappa shape index (κ2) is 6.34. The first-order valence-corrected chi connectivity index (χ1v) is 6.59. The Morgan fingerprint density at radius 1 is 1.30 bits per heavy atom. The largest absolute Gasteiger partial charge is 0.478 e. The lowest BCUT2D eigenvalue weighted by atomic mass is 9.97. The SMILES string of the molecule is C[C@@H]1CNC[C@H]1C(=O)Nc1ccc(/C=C/C(=O)O)cc1. The molecule has 1 aliphatic heterocycles. The fourth-order valence-corrected chi connectivity index (χ4v) is 2.24. The van der Waals surface area contributed by atoms with Crippen LogP contribution in [0.4, 0.5) is 5.69 Å². The highest BCUT2D eigenvalue weighted by atomic mass is 16.4. The molecule has 3 N–H and O–H groups in total. The maximum atomic E-state index is 12.1. The maximum absolute atomic E-state index is 12.1. The molecule has 5 nitrogen and oxygen atoms in total. The third-order valence-corrected chi connectivity index (χ3v) is 3.45. The molecule has 1 amide bonds. The van der Waals surface area contributed by atoms with Crippen LogP contribution >= 0.6 is 0 Å². The van der Waals surface area contributed by atoms with Crippen molar-refractivity contribution in [3.8, 4) is 0 Å². The topological polar surface area (TPSA) is 78.4 Å². The monoisotopic (exact) mass is 274 g/mol. The minimum Gasteiger partial charge on any atom is -0.478 e. The van der Waals surface area contributed by atoms with Crippen molar-refractivity contribution in [2.24, 2.45) is 11.8 Å². The number of hydrogen-bond acceptors (Lipinski definition) is 3. The van der Waals surface area contributed by atoms with Crippen LogP contribution in [0.15, 0.2) is 30.3 Å². The molecule has 0 bridgehead atoms. The van der Waals surface area contributed by atoms with Gasteiger partial charge in [-0.1, -0.05) is 19.1 Å². The summed E-state index contributed by atoms with van der Waals surface area (Å²) in [4.78, 5) is 22.5. The zero-order chi connectivity index (χ0) is 14.5. The van der Waals surface area contributed by atoms with Crippen molar-refractivity contribution >= 4 is 23.6 Å². The molecule has 0 unspecified atom stereocenters. The summed E-state index contributed by atoms with van der Waals surface area (Å²) in [6.07, 6.45) is 2.59. The van der Waals surface area contributed by atoms with Gasteiger partial charge in [-0.2, -0.15) is 0 Å². The fourth-order valence-electron chi connectivity index (χ4n) is 2.24. The molecule has 0 saturated carbocycles. The molecule has 1 aromatic carbocycles. The van der Waals surface area contributed by atoms with E-state index in [1.54, 1.807) is 24.3 Å². The summed E-state index contributed by atoms with van der Waals surface area (Å²) < 4.78 is 0. The van der Waals surface area contributed by atoms with Crippen LogP contribution in [-0.2, 0) is 9.59 Å². The zero-order valence-electron chi connectivity index (χ0n) is 11.3. The summed E-state index contributed by atoms with van der Waals surface area (Å²) in [5.74, 6) is -0.615. The fraction of sp³-hybridized carbons (Fsp3) is 0.333. The van der Waals surface area contributed by atoms with Crippen LogP contribution in [0.3, 0.4) is 0 Å². The van der Waals surface area contributed by atoms with E-state index in [4.69, 9.17) is 5.11 Å². The Hall–Kier alpha value is -2.14. The molecule has 1 aromatic rings. The van der Waals surface area contributed by atoms with E-state index in [0.717, 1.165) is 23.9 Å². The quantitative estimate of drug-likeness (QED) is 0.728. The van der Waals surface area contributed by atoms with Gasteiger partial charge in [0.15, 0.2) is 0 Å². The highest BCUT2D eigenvalue weighted by molar-refractivity contribution is 5.93. The van der Waals surface area contributed by atoms with E-state index >= 15 is 0 Å². The molecular weight excluding hydrogens is 256 g/mol. The van der Waals surface area contributed by atoms with E-state index in [0.29, 0.717) is 12.5 Å². The molecule has 20 heavy (non-hydrogen) atoms. The Morgan fingerprint density at radius 2 is 2.00 bits per heavy atom. The first-order valence-electron chi connectivity index (χ1n) is 6.59. The van der Waals surface area contributed by atoms with E-state index in [1.165, 1.54) is 6.08 Å². The van der Waals surface area contributed by atoms with Crippen molar-refractivity contribution in [3.63, 3.8) is 0 Å². The number of hydrogen-bond donors (Lipinski definition) is 3. The Balaban J connectivity index is 1.96. The molecule has 5 heteroatoms. The summed E-state index contributed by atoms with van der Waals surface area (Å²) in [6.45, 7) is 3.65. The second-order valence-corrected chi connectivity index (χ2v) is 5.02. The number of anilines is 1. The number of aliphatic carboxylic acids is 1. The number of carbonyl (C=O) groups is 2. The summed E-state index contributed by atoms with van der Waals surface area (Å²) in [6, 6.07) is 7.08. The van der Waals surface area contributed by atoms with Crippen molar-refractivity contribution in [2.75, 3.05) is 18.4 Å². The van der Waals surface area contributed by atoms with E-state index in [9.17, 15) is 9.59 Å². The molecule has 0 aliphatic carbocycles. The van der Waals surface area contributed by atoms with Gasteiger partial charge in [0.05, 0.1) is 5.92 Å². The van der Waals surface area contributed by atoms with Crippen LogP contribution in [0.25, 0.3) is 6.08 Å². The van der Waals surface area contributed by atoms with Gasteiger partial charge in [-0.25, -0.2) is 4.79 Å². The highest BCUT2D eigenvalue weighted by Gasteiger charge is 2.29. The molecule has 0 spiro atoms. The highest BCUT2D eigenvalue weighted by Crippen LogP contribution is 2.19. The molecule has 0 radical (unpaired) electrons. The Bertz CT molecular complexity index is 522. The number of benzene rings is 1. The first-order chi connectivity index (χ1) is 9.56. The predicted octanol–water partition coefficient (Wildman–Crippen LogP) is 1.58. The van der Waals surface area contributed by atoms with Crippen molar-refractivity contribution in [1.29, 1.82) is 0 Å². The number of carboxylic acids is 1. The van der Waals surface area contributed by atoms with Gasteiger partial charge in [-0.15, -0.1) is 0 Å².